The molecule has 3 aromatic rings. The number of rotatable bonds is 4. The molecule has 146 valence electrons. The number of ketones is 1. The van der Waals surface area contributed by atoms with E-state index in [1.54, 1.807) is 16.9 Å². The zero-order valence-electron chi connectivity index (χ0n) is 15.7. The number of nitrogens with zero attached hydrogens (tertiary/aromatic N) is 3. The summed E-state index contributed by atoms with van der Waals surface area (Å²) in [7, 11) is 0. The number of benzene rings is 1. The summed E-state index contributed by atoms with van der Waals surface area (Å²) in [4.78, 5) is 29.1. The number of carbonyl (C=O) groups is 2. The lowest BCUT2D eigenvalue weighted by atomic mass is 10.0. The van der Waals surface area contributed by atoms with Gasteiger partial charge in [-0.05, 0) is 18.2 Å². The number of hydrogen-bond acceptors (Lipinski definition) is 6. The average molecular weight is 406 g/mol. The molecular weight excluding hydrogens is 388 g/mol. The molecule has 3 heterocycles. The number of hydrogen-bond donors (Lipinski definition) is 2. The zero-order valence-corrected chi connectivity index (χ0v) is 16.5. The van der Waals surface area contributed by atoms with E-state index in [2.05, 4.69) is 27.2 Å². The normalized spacial score (nSPS) is 18.2. The van der Waals surface area contributed by atoms with Crippen molar-refractivity contribution in [2.24, 2.45) is 0 Å². The summed E-state index contributed by atoms with van der Waals surface area (Å²) >= 11 is 1.44. The third-order valence-electron chi connectivity index (χ3n) is 4.57. The summed E-state index contributed by atoms with van der Waals surface area (Å²) in [5, 5.41) is 17.8. The number of carbonyl (C=O) groups excluding carboxylic acids is 2. The maximum atomic E-state index is 12.0. The molecule has 7 nitrogen and oxygen atoms in total. The van der Waals surface area contributed by atoms with Crippen LogP contribution in [0.2, 0.25) is 0 Å². The van der Waals surface area contributed by atoms with Crippen LogP contribution in [0.4, 0.5) is 0 Å². The van der Waals surface area contributed by atoms with E-state index in [0.29, 0.717) is 29.4 Å². The van der Waals surface area contributed by atoms with E-state index >= 15 is 0 Å². The van der Waals surface area contributed by atoms with Gasteiger partial charge in [0.15, 0.2) is 5.78 Å². The Morgan fingerprint density at radius 2 is 2.28 bits per heavy atom. The van der Waals surface area contributed by atoms with Gasteiger partial charge in [0.05, 0.1) is 11.4 Å². The van der Waals surface area contributed by atoms with Gasteiger partial charge in [0.1, 0.15) is 10.7 Å². The number of aromatic nitrogens is 3. The van der Waals surface area contributed by atoms with Crippen molar-refractivity contribution in [2.45, 2.75) is 25.5 Å². The number of aliphatic hydroxyl groups is 1. The first kappa shape index (κ1) is 19.1. The van der Waals surface area contributed by atoms with Gasteiger partial charge in [-0.25, -0.2) is 4.98 Å². The Morgan fingerprint density at radius 1 is 1.41 bits per heavy atom. The minimum Gasteiger partial charge on any atom is -0.369 e. The van der Waals surface area contributed by atoms with Gasteiger partial charge < -0.3 is 10.4 Å². The first-order valence-corrected chi connectivity index (χ1v) is 9.89. The van der Waals surface area contributed by atoms with E-state index in [-0.39, 0.29) is 12.2 Å². The molecule has 0 bridgehead atoms. The topological polar surface area (TPSA) is 97.1 Å². The molecule has 4 rings (SSSR count). The fourth-order valence-corrected chi connectivity index (χ4v) is 4.14. The highest BCUT2D eigenvalue weighted by molar-refractivity contribution is 7.15. The van der Waals surface area contributed by atoms with E-state index in [1.165, 1.54) is 18.3 Å². The maximum Gasteiger partial charge on any atom is 0.264 e. The molecular formula is C21H18N4O3S. The van der Waals surface area contributed by atoms with Crippen molar-refractivity contribution in [1.29, 1.82) is 0 Å². The molecule has 1 aromatic carbocycles. The Labute approximate surface area is 171 Å². The van der Waals surface area contributed by atoms with E-state index in [0.717, 1.165) is 10.4 Å². The van der Waals surface area contributed by atoms with Crippen LogP contribution in [0.5, 0.6) is 0 Å². The van der Waals surface area contributed by atoms with Crippen molar-refractivity contribution in [2.75, 3.05) is 6.54 Å². The molecule has 0 spiro atoms. The lowest BCUT2D eigenvalue weighted by Gasteiger charge is -2.09. The van der Waals surface area contributed by atoms with E-state index in [1.807, 2.05) is 30.5 Å². The second kappa shape index (κ2) is 7.62. The Morgan fingerprint density at radius 3 is 2.97 bits per heavy atom. The minimum atomic E-state index is -1.64. The second-order valence-corrected chi connectivity index (χ2v) is 7.83. The molecule has 2 N–H and O–H groups in total. The zero-order chi connectivity index (χ0) is 20.4. The molecule has 0 saturated carbocycles. The number of amides is 1. The monoisotopic (exact) mass is 406 g/mol. The summed E-state index contributed by atoms with van der Waals surface area (Å²) < 4.78 is 1.75. The molecule has 1 aliphatic heterocycles. The van der Waals surface area contributed by atoms with Crippen molar-refractivity contribution in [3.05, 3.63) is 58.9 Å². The van der Waals surface area contributed by atoms with Gasteiger partial charge in [-0.15, -0.1) is 11.3 Å². The molecule has 29 heavy (non-hydrogen) atoms. The van der Waals surface area contributed by atoms with Crippen LogP contribution >= 0.6 is 11.3 Å². The molecule has 1 aliphatic rings. The van der Waals surface area contributed by atoms with Crippen LogP contribution in [0.25, 0.3) is 10.6 Å². The Bertz CT molecular complexity index is 1140. The van der Waals surface area contributed by atoms with Crippen LogP contribution in [0.3, 0.4) is 0 Å². The maximum absolute atomic E-state index is 12.0. The van der Waals surface area contributed by atoms with Crippen molar-refractivity contribution < 1.29 is 14.7 Å². The van der Waals surface area contributed by atoms with Crippen LogP contribution in [0.15, 0.2) is 42.7 Å². The van der Waals surface area contributed by atoms with Crippen LogP contribution in [0.1, 0.15) is 34.3 Å². The van der Waals surface area contributed by atoms with Crippen LogP contribution in [-0.4, -0.2) is 43.7 Å². The lowest BCUT2D eigenvalue weighted by molar-refractivity contribution is -0.130. The number of nitrogens with one attached hydrogen (secondary N) is 1. The fourth-order valence-electron chi connectivity index (χ4n) is 3.04. The molecule has 0 unspecified atom stereocenters. The van der Waals surface area contributed by atoms with Gasteiger partial charge in [0, 0.05) is 43.4 Å². The van der Waals surface area contributed by atoms with Crippen LogP contribution in [0, 0.1) is 11.8 Å². The van der Waals surface area contributed by atoms with E-state index in [9.17, 15) is 14.7 Å². The fraction of sp³-hybridized carbons (Fsp3) is 0.238. The van der Waals surface area contributed by atoms with Crippen molar-refractivity contribution in [3.8, 4) is 22.4 Å². The van der Waals surface area contributed by atoms with Gasteiger partial charge in [0.25, 0.3) is 5.91 Å². The third kappa shape index (κ3) is 3.97. The molecule has 1 amide bonds. The first-order chi connectivity index (χ1) is 13.9. The van der Waals surface area contributed by atoms with Gasteiger partial charge in [0.2, 0.25) is 5.60 Å². The molecule has 1 fully saturated rings. The molecule has 0 radical (unpaired) electrons. The average Bonchev–Trinajstić information content (AvgIpc) is 3.43. The molecule has 8 heteroatoms. The largest absolute Gasteiger partial charge is 0.369 e. The first-order valence-electron chi connectivity index (χ1n) is 9.07. The minimum absolute atomic E-state index is 0.0972. The summed E-state index contributed by atoms with van der Waals surface area (Å²) in [6.07, 6.45) is 3.79. The second-order valence-electron chi connectivity index (χ2n) is 6.75. The highest BCUT2D eigenvalue weighted by Gasteiger charge is 2.38. The highest BCUT2D eigenvalue weighted by Crippen LogP contribution is 2.29. The van der Waals surface area contributed by atoms with Crippen molar-refractivity contribution >= 4 is 23.0 Å². The van der Waals surface area contributed by atoms with Crippen molar-refractivity contribution in [1.82, 2.24) is 20.1 Å². The smallest absolute Gasteiger partial charge is 0.264 e. The van der Waals surface area contributed by atoms with E-state index < -0.39 is 11.5 Å². The number of thiazole rings is 1. The number of Topliss-reactive ketones (excluding diaryl/α,β-unsaturated/α-hetero) is 1. The Hall–Kier alpha value is -3.28. The quantitative estimate of drug-likeness (QED) is 0.509. The van der Waals surface area contributed by atoms with Gasteiger partial charge in [-0.3, -0.25) is 14.3 Å². The Balaban J connectivity index is 1.65. The predicted molar refractivity (Wildman–Crippen MR) is 108 cm³/mol. The van der Waals surface area contributed by atoms with E-state index in [4.69, 9.17) is 0 Å². The summed E-state index contributed by atoms with van der Waals surface area (Å²) in [5.41, 5.74) is 0.271. The Kier molecular flexibility index (Phi) is 5.01. The van der Waals surface area contributed by atoms with Gasteiger partial charge >= 0.3 is 0 Å². The van der Waals surface area contributed by atoms with Crippen molar-refractivity contribution in [3.63, 3.8) is 0 Å². The molecule has 1 atom stereocenters. The summed E-state index contributed by atoms with van der Waals surface area (Å²) in [5.74, 6) is 5.00. The van der Waals surface area contributed by atoms with Crippen LogP contribution < -0.4 is 5.32 Å². The molecule has 0 aliphatic carbocycles. The SMILES string of the molecule is CC(=O)c1nc(-c2cccc(C#C[C@]3(O)CCNC3=O)c2)sc1Cn1cccn1. The predicted octanol–water partition coefficient (Wildman–Crippen LogP) is 1.86. The highest BCUT2D eigenvalue weighted by atomic mass is 32.1. The molecule has 2 aromatic heterocycles. The van der Waals surface area contributed by atoms with Gasteiger partial charge in [-0.2, -0.15) is 5.10 Å². The lowest BCUT2D eigenvalue weighted by Crippen LogP contribution is -2.36. The van der Waals surface area contributed by atoms with Gasteiger partial charge in [-0.1, -0.05) is 24.0 Å². The summed E-state index contributed by atoms with van der Waals surface area (Å²) in [6.45, 7) is 2.39. The standard InChI is InChI=1S/C21H18N4O3S/c1-14(26)18-17(13-25-11-3-9-23-25)29-19(24-18)16-5-2-4-15(12-16)6-7-21(28)8-10-22-20(21)27/h2-5,9,11-12,28H,8,10,13H2,1H3,(H,22,27)/t21-/m0/s1. The molecule has 1 saturated heterocycles. The van der Waals surface area contributed by atoms with Crippen LogP contribution in [-0.2, 0) is 11.3 Å². The third-order valence-corrected chi connectivity index (χ3v) is 5.66. The summed E-state index contributed by atoms with van der Waals surface area (Å²) in [6, 6.07) is 9.19.